The van der Waals surface area contributed by atoms with Crippen LogP contribution in [0.2, 0.25) is 0 Å². The molecular formula is C18H14N2O5. The number of amides is 1. The Morgan fingerprint density at radius 1 is 1.04 bits per heavy atom. The van der Waals surface area contributed by atoms with E-state index in [1.165, 1.54) is 6.07 Å². The van der Waals surface area contributed by atoms with Gasteiger partial charge in [0.25, 0.3) is 0 Å². The third-order valence-corrected chi connectivity index (χ3v) is 3.75. The lowest BCUT2D eigenvalue weighted by atomic mass is 10.1. The van der Waals surface area contributed by atoms with Gasteiger partial charge < -0.3 is 15.5 Å². The number of hydrogen-bond donors (Lipinski definition) is 3. The van der Waals surface area contributed by atoms with Gasteiger partial charge in [-0.3, -0.25) is 9.36 Å². The van der Waals surface area contributed by atoms with Crippen molar-refractivity contribution in [1.82, 2.24) is 4.57 Å². The summed E-state index contributed by atoms with van der Waals surface area (Å²) in [6.45, 7) is -0.111. The molecule has 0 atom stereocenters. The van der Waals surface area contributed by atoms with Crippen LogP contribution in [-0.4, -0.2) is 26.8 Å². The van der Waals surface area contributed by atoms with Crippen LogP contribution in [0.15, 0.2) is 59.5 Å². The Bertz CT molecular complexity index is 1020. The van der Waals surface area contributed by atoms with E-state index in [-0.39, 0.29) is 12.0 Å². The van der Waals surface area contributed by atoms with Crippen molar-refractivity contribution in [3.05, 3.63) is 76.1 Å². The molecule has 0 fully saturated rings. The van der Waals surface area contributed by atoms with Crippen LogP contribution in [0, 0.1) is 0 Å². The van der Waals surface area contributed by atoms with Gasteiger partial charge in [0.05, 0.1) is 12.1 Å². The largest absolute Gasteiger partial charge is 0.477 e. The highest BCUT2D eigenvalue weighted by molar-refractivity contribution is 6.00. The molecule has 7 heteroatoms. The number of nitrogens with one attached hydrogen (secondary N) is 1. The van der Waals surface area contributed by atoms with Gasteiger partial charge in [-0.2, -0.15) is 0 Å². The molecule has 1 amide bonds. The van der Waals surface area contributed by atoms with Crippen molar-refractivity contribution in [2.75, 3.05) is 5.32 Å². The Kier molecular flexibility index (Phi) is 4.32. The molecule has 3 N–H and O–H groups in total. The number of pyridine rings is 1. The lowest BCUT2D eigenvalue weighted by Crippen LogP contribution is -2.25. The molecule has 0 bridgehead atoms. The number of benzene rings is 2. The molecule has 1 aromatic heterocycles. The zero-order valence-corrected chi connectivity index (χ0v) is 13.0. The van der Waals surface area contributed by atoms with Crippen LogP contribution in [0.4, 0.5) is 10.5 Å². The van der Waals surface area contributed by atoms with Crippen LogP contribution in [0.1, 0.15) is 15.9 Å². The molecule has 25 heavy (non-hydrogen) atoms. The third-order valence-electron chi connectivity index (χ3n) is 3.75. The summed E-state index contributed by atoms with van der Waals surface area (Å²) in [4.78, 5) is 36.1. The maximum Gasteiger partial charge on any atom is 0.341 e. The number of carboxylic acid groups (broad SMARTS) is 1. The minimum Gasteiger partial charge on any atom is -0.477 e. The Morgan fingerprint density at radius 3 is 2.36 bits per heavy atom. The smallest absolute Gasteiger partial charge is 0.341 e. The second-order valence-electron chi connectivity index (χ2n) is 5.35. The first-order valence-corrected chi connectivity index (χ1v) is 7.40. The van der Waals surface area contributed by atoms with E-state index < -0.39 is 23.0 Å². The van der Waals surface area contributed by atoms with Gasteiger partial charge in [-0.15, -0.1) is 0 Å². The number of fused-ring (bicyclic) bond motifs is 1. The first-order chi connectivity index (χ1) is 12.0. The number of anilines is 1. The van der Waals surface area contributed by atoms with Crippen LogP contribution in [0.5, 0.6) is 0 Å². The Labute approximate surface area is 141 Å². The second-order valence-corrected chi connectivity index (χ2v) is 5.35. The van der Waals surface area contributed by atoms with Crippen molar-refractivity contribution in [1.29, 1.82) is 0 Å². The maximum absolute atomic E-state index is 12.6. The number of carboxylic acids is 1. The van der Waals surface area contributed by atoms with Crippen molar-refractivity contribution in [3.63, 3.8) is 0 Å². The average molecular weight is 338 g/mol. The lowest BCUT2D eigenvalue weighted by Gasteiger charge is -2.12. The molecule has 0 unspecified atom stereocenters. The van der Waals surface area contributed by atoms with E-state index in [2.05, 4.69) is 5.32 Å². The number of aromatic carboxylic acids is 1. The topological polar surface area (TPSA) is 109 Å². The van der Waals surface area contributed by atoms with E-state index in [0.717, 1.165) is 10.8 Å². The van der Waals surface area contributed by atoms with Crippen molar-refractivity contribution >= 4 is 28.6 Å². The third kappa shape index (κ3) is 3.13. The standard InChI is InChI=1S/C18H14N2O5/c21-10-11-5-7-12(8-6-11)19-18(25)20-9-14(17(23)24)16(22)13-3-1-2-4-15(13)20/h1-9,21H,10H2,(H,19,25)(H,23,24). The van der Waals surface area contributed by atoms with Crippen LogP contribution in [0.25, 0.3) is 10.9 Å². The number of rotatable bonds is 3. The first-order valence-electron chi connectivity index (χ1n) is 7.40. The highest BCUT2D eigenvalue weighted by Gasteiger charge is 2.17. The summed E-state index contributed by atoms with van der Waals surface area (Å²) in [5.41, 5.74) is 0.354. The van der Waals surface area contributed by atoms with E-state index in [4.69, 9.17) is 5.11 Å². The SMILES string of the molecule is O=C(O)c1cn(C(=O)Nc2ccc(CO)cc2)c2ccccc2c1=O. The Balaban J connectivity index is 2.07. The monoisotopic (exact) mass is 338 g/mol. The number of carbonyl (C=O) groups excluding carboxylic acids is 1. The minimum absolute atomic E-state index is 0.111. The van der Waals surface area contributed by atoms with E-state index in [9.17, 15) is 19.5 Å². The van der Waals surface area contributed by atoms with Crippen molar-refractivity contribution in [2.45, 2.75) is 6.61 Å². The fraction of sp³-hybridized carbons (Fsp3) is 0.0556. The van der Waals surface area contributed by atoms with Gasteiger partial charge in [0.2, 0.25) is 5.43 Å². The van der Waals surface area contributed by atoms with Crippen LogP contribution in [-0.2, 0) is 6.61 Å². The van der Waals surface area contributed by atoms with E-state index in [0.29, 0.717) is 16.8 Å². The zero-order valence-electron chi connectivity index (χ0n) is 13.0. The molecule has 7 nitrogen and oxygen atoms in total. The van der Waals surface area contributed by atoms with Gasteiger partial charge in [0.1, 0.15) is 5.56 Å². The molecule has 0 aliphatic heterocycles. The van der Waals surface area contributed by atoms with Crippen LogP contribution in [0.3, 0.4) is 0 Å². The Hall–Kier alpha value is -3.45. The summed E-state index contributed by atoms with van der Waals surface area (Å²) in [6.07, 6.45) is 1.02. The number of para-hydroxylation sites is 1. The molecule has 1 heterocycles. The van der Waals surface area contributed by atoms with E-state index >= 15 is 0 Å². The zero-order chi connectivity index (χ0) is 18.0. The fourth-order valence-corrected chi connectivity index (χ4v) is 2.48. The number of aliphatic hydroxyl groups is 1. The normalized spacial score (nSPS) is 10.6. The predicted molar refractivity (Wildman–Crippen MR) is 91.9 cm³/mol. The first kappa shape index (κ1) is 16.4. The van der Waals surface area contributed by atoms with Gasteiger partial charge >= 0.3 is 12.0 Å². The predicted octanol–water partition coefficient (Wildman–Crippen LogP) is 2.27. The summed E-state index contributed by atoms with van der Waals surface area (Å²) in [5, 5.41) is 21.0. The van der Waals surface area contributed by atoms with E-state index in [1.54, 1.807) is 42.5 Å². The molecule has 0 radical (unpaired) electrons. The molecule has 0 aliphatic rings. The number of carbonyl (C=O) groups is 2. The summed E-state index contributed by atoms with van der Waals surface area (Å²) in [7, 11) is 0. The quantitative estimate of drug-likeness (QED) is 0.679. The summed E-state index contributed by atoms with van der Waals surface area (Å²) >= 11 is 0. The number of nitrogens with zero attached hydrogens (tertiary/aromatic N) is 1. The fourth-order valence-electron chi connectivity index (χ4n) is 2.48. The molecule has 0 saturated heterocycles. The average Bonchev–Trinajstić information content (AvgIpc) is 2.62. The highest BCUT2D eigenvalue weighted by Crippen LogP contribution is 2.14. The van der Waals surface area contributed by atoms with Gasteiger partial charge in [0, 0.05) is 17.3 Å². The van der Waals surface area contributed by atoms with Crippen LogP contribution >= 0.6 is 0 Å². The molecule has 0 saturated carbocycles. The van der Waals surface area contributed by atoms with Gasteiger partial charge in [-0.05, 0) is 29.8 Å². The highest BCUT2D eigenvalue weighted by atomic mass is 16.4. The minimum atomic E-state index is -1.40. The lowest BCUT2D eigenvalue weighted by molar-refractivity contribution is 0.0695. The van der Waals surface area contributed by atoms with Gasteiger partial charge in [-0.1, -0.05) is 24.3 Å². The molecule has 3 aromatic rings. The van der Waals surface area contributed by atoms with Crippen molar-refractivity contribution in [2.24, 2.45) is 0 Å². The van der Waals surface area contributed by atoms with Crippen LogP contribution < -0.4 is 10.7 Å². The number of aromatic nitrogens is 1. The summed E-state index contributed by atoms with van der Waals surface area (Å²) < 4.78 is 1.10. The summed E-state index contributed by atoms with van der Waals surface area (Å²) in [6, 6.07) is 12.2. The van der Waals surface area contributed by atoms with Crippen molar-refractivity contribution < 1.29 is 19.8 Å². The molecule has 0 aliphatic carbocycles. The Morgan fingerprint density at radius 2 is 1.72 bits per heavy atom. The molecule has 0 spiro atoms. The van der Waals surface area contributed by atoms with Gasteiger partial charge in [-0.25, -0.2) is 9.59 Å². The molecule has 2 aromatic carbocycles. The number of aliphatic hydroxyl groups excluding tert-OH is 1. The van der Waals surface area contributed by atoms with Gasteiger partial charge in [0.15, 0.2) is 0 Å². The molecular weight excluding hydrogens is 324 g/mol. The molecule has 126 valence electrons. The maximum atomic E-state index is 12.6. The second kappa shape index (κ2) is 6.58. The van der Waals surface area contributed by atoms with E-state index in [1.807, 2.05) is 0 Å². The number of hydrogen-bond acceptors (Lipinski definition) is 4. The summed E-state index contributed by atoms with van der Waals surface area (Å²) in [5.74, 6) is -1.40. The van der Waals surface area contributed by atoms with Crippen molar-refractivity contribution in [3.8, 4) is 0 Å². The molecule has 3 rings (SSSR count).